The van der Waals surface area contributed by atoms with Crippen molar-refractivity contribution in [1.29, 1.82) is 0 Å². The number of hydrogen-bond donors (Lipinski definition) is 0. The zero-order chi connectivity index (χ0) is 23.7. The molecule has 0 unspecified atom stereocenters. The highest BCUT2D eigenvalue weighted by molar-refractivity contribution is 9.10. The summed E-state index contributed by atoms with van der Waals surface area (Å²) in [6, 6.07) is 27.0. The van der Waals surface area contributed by atoms with Gasteiger partial charge in [-0.15, -0.1) is 0 Å². The van der Waals surface area contributed by atoms with Crippen LogP contribution in [0.1, 0.15) is 11.3 Å². The molecular weight excluding hydrogens is 496 g/mol. The summed E-state index contributed by atoms with van der Waals surface area (Å²) < 4.78 is 6.85. The minimum absolute atomic E-state index is 0.0146. The van der Waals surface area contributed by atoms with Crippen LogP contribution in [0.5, 0.6) is 0 Å². The molecule has 3 aromatic carbocycles. The predicted molar refractivity (Wildman–Crippen MR) is 135 cm³/mol. The molecular formula is C27H17BrN2O4. The van der Waals surface area contributed by atoms with Gasteiger partial charge in [-0.05, 0) is 66.2 Å². The maximum absolute atomic E-state index is 13.4. The summed E-state index contributed by atoms with van der Waals surface area (Å²) in [5, 5.41) is 10.9. The molecule has 1 amide bonds. The quantitative estimate of drug-likeness (QED) is 0.162. The monoisotopic (exact) mass is 512 g/mol. The van der Waals surface area contributed by atoms with Crippen molar-refractivity contribution in [2.45, 2.75) is 0 Å². The SMILES string of the molecule is O=C1C(=Cc2ccc(-c3ccc([N+](=O)[O-])cc3)o2)C=C(c2ccccc2)N1c1ccc(Br)cc1. The van der Waals surface area contributed by atoms with Crippen LogP contribution in [-0.4, -0.2) is 10.8 Å². The van der Waals surface area contributed by atoms with Gasteiger partial charge in [-0.2, -0.15) is 0 Å². The molecule has 1 aromatic heterocycles. The van der Waals surface area contributed by atoms with Crippen molar-refractivity contribution in [1.82, 2.24) is 0 Å². The number of carbonyl (C=O) groups excluding carboxylic acids is 1. The van der Waals surface area contributed by atoms with Gasteiger partial charge < -0.3 is 4.42 Å². The molecule has 0 atom stereocenters. The Morgan fingerprint density at radius 2 is 1.56 bits per heavy atom. The fraction of sp³-hybridized carbons (Fsp3) is 0. The van der Waals surface area contributed by atoms with Crippen LogP contribution in [0, 0.1) is 10.1 Å². The second-order valence-electron chi connectivity index (χ2n) is 7.62. The largest absolute Gasteiger partial charge is 0.457 e. The highest BCUT2D eigenvalue weighted by Gasteiger charge is 2.30. The Balaban J connectivity index is 1.50. The standard InChI is InChI=1S/C27H17BrN2O4/c28-21-8-12-22(13-9-21)29-25(18-4-2-1-3-5-18)17-20(27(29)31)16-24-14-15-26(34-24)19-6-10-23(11-7-19)30(32)33/h1-17H. The number of non-ortho nitro benzene ring substituents is 1. The summed E-state index contributed by atoms with van der Waals surface area (Å²) >= 11 is 3.44. The van der Waals surface area contributed by atoms with Gasteiger partial charge in [0, 0.05) is 33.4 Å². The molecule has 5 rings (SSSR count). The third kappa shape index (κ3) is 4.21. The van der Waals surface area contributed by atoms with Crippen molar-refractivity contribution in [2.75, 3.05) is 4.90 Å². The Labute approximate surface area is 203 Å². The molecule has 0 radical (unpaired) electrons. The maximum Gasteiger partial charge on any atom is 0.269 e. The molecule has 4 aromatic rings. The number of nitro groups is 1. The van der Waals surface area contributed by atoms with Gasteiger partial charge in [0.15, 0.2) is 0 Å². The average Bonchev–Trinajstić information content (AvgIpc) is 3.45. The summed E-state index contributed by atoms with van der Waals surface area (Å²) in [6.45, 7) is 0. The summed E-state index contributed by atoms with van der Waals surface area (Å²) in [5.41, 5.74) is 3.68. The highest BCUT2D eigenvalue weighted by Crippen LogP contribution is 2.36. The zero-order valence-electron chi connectivity index (χ0n) is 17.7. The molecule has 0 spiro atoms. The molecule has 0 saturated heterocycles. The minimum atomic E-state index is -0.443. The molecule has 0 saturated carbocycles. The number of nitro benzene ring substituents is 1. The van der Waals surface area contributed by atoms with Crippen molar-refractivity contribution in [3.63, 3.8) is 0 Å². The van der Waals surface area contributed by atoms with Gasteiger partial charge >= 0.3 is 0 Å². The third-order valence-corrected chi connectivity index (χ3v) is 5.95. The lowest BCUT2D eigenvalue weighted by Crippen LogP contribution is -2.24. The van der Waals surface area contributed by atoms with E-state index in [9.17, 15) is 14.9 Å². The van der Waals surface area contributed by atoms with Crippen molar-refractivity contribution in [3.8, 4) is 11.3 Å². The molecule has 34 heavy (non-hydrogen) atoms. The van der Waals surface area contributed by atoms with E-state index in [0.29, 0.717) is 22.7 Å². The molecule has 0 aliphatic carbocycles. The number of carbonyl (C=O) groups is 1. The first-order chi connectivity index (χ1) is 16.5. The van der Waals surface area contributed by atoms with Crippen LogP contribution in [0.25, 0.3) is 23.1 Å². The van der Waals surface area contributed by atoms with Crippen molar-refractivity contribution in [2.24, 2.45) is 0 Å². The van der Waals surface area contributed by atoms with Crippen LogP contribution in [-0.2, 0) is 4.79 Å². The minimum Gasteiger partial charge on any atom is -0.457 e. The molecule has 0 bridgehead atoms. The second kappa shape index (κ2) is 8.96. The van der Waals surface area contributed by atoms with Gasteiger partial charge in [0.05, 0.1) is 10.6 Å². The summed E-state index contributed by atoms with van der Waals surface area (Å²) in [5.74, 6) is 0.914. The Hall–Kier alpha value is -4.23. The number of anilines is 1. The second-order valence-corrected chi connectivity index (χ2v) is 8.53. The molecule has 6 nitrogen and oxygen atoms in total. The molecule has 1 aliphatic heterocycles. The molecule has 0 fully saturated rings. The van der Waals surface area contributed by atoms with E-state index >= 15 is 0 Å². The first kappa shape index (κ1) is 21.6. The van der Waals surface area contributed by atoms with Crippen LogP contribution < -0.4 is 4.90 Å². The topological polar surface area (TPSA) is 76.6 Å². The van der Waals surface area contributed by atoms with Gasteiger partial charge in [0.1, 0.15) is 11.5 Å². The van der Waals surface area contributed by atoms with Crippen LogP contribution in [0.4, 0.5) is 11.4 Å². The van der Waals surface area contributed by atoms with Gasteiger partial charge in [0.2, 0.25) is 0 Å². The van der Waals surface area contributed by atoms with E-state index in [0.717, 1.165) is 21.4 Å². The van der Waals surface area contributed by atoms with Crippen LogP contribution in [0.3, 0.4) is 0 Å². The highest BCUT2D eigenvalue weighted by atomic mass is 79.9. The van der Waals surface area contributed by atoms with E-state index in [4.69, 9.17) is 4.42 Å². The van der Waals surface area contributed by atoms with E-state index in [1.165, 1.54) is 12.1 Å². The number of nitrogens with zero attached hydrogens (tertiary/aromatic N) is 2. The van der Waals surface area contributed by atoms with E-state index in [-0.39, 0.29) is 11.6 Å². The van der Waals surface area contributed by atoms with Crippen molar-refractivity contribution >= 4 is 45.0 Å². The lowest BCUT2D eigenvalue weighted by atomic mass is 10.1. The van der Waals surface area contributed by atoms with E-state index in [1.54, 1.807) is 35.2 Å². The Bertz CT molecular complexity index is 1440. The lowest BCUT2D eigenvalue weighted by molar-refractivity contribution is -0.384. The summed E-state index contributed by atoms with van der Waals surface area (Å²) in [6.07, 6.45) is 3.56. The van der Waals surface area contributed by atoms with E-state index in [2.05, 4.69) is 15.9 Å². The van der Waals surface area contributed by atoms with E-state index in [1.807, 2.05) is 60.7 Å². The predicted octanol–water partition coefficient (Wildman–Crippen LogP) is 7.09. The fourth-order valence-corrected chi connectivity index (χ4v) is 4.03. The van der Waals surface area contributed by atoms with Crippen molar-refractivity contribution in [3.05, 3.63) is 129 Å². The smallest absolute Gasteiger partial charge is 0.269 e. The Morgan fingerprint density at radius 3 is 2.24 bits per heavy atom. The van der Waals surface area contributed by atoms with E-state index < -0.39 is 4.92 Å². The number of hydrogen-bond acceptors (Lipinski definition) is 4. The number of halogens is 1. The summed E-state index contributed by atoms with van der Waals surface area (Å²) in [7, 11) is 0. The Morgan fingerprint density at radius 1 is 0.853 bits per heavy atom. The maximum atomic E-state index is 13.4. The zero-order valence-corrected chi connectivity index (χ0v) is 19.3. The van der Waals surface area contributed by atoms with Crippen LogP contribution in [0.2, 0.25) is 0 Å². The van der Waals surface area contributed by atoms with Crippen LogP contribution in [0.15, 0.2) is 112 Å². The van der Waals surface area contributed by atoms with Gasteiger partial charge in [-0.3, -0.25) is 19.8 Å². The first-order valence-corrected chi connectivity index (χ1v) is 11.2. The molecule has 2 heterocycles. The third-order valence-electron chi connectivity index (χ3n) is 5.42. The number of benzene rings is 3. The number of furan rings is 1. The number of rotatable bonds is 5. The lowest BCUT2D eigenvalue weighted by Gasteiger charge is -2.20. The molecule has 166 valence electrons. The fourth-order valence-electron chi connectivity index (χ4n) is 3.77. The molecule has 1 aliphatic rings. The Kier molecular flexibility index (Phi) is 5.69. The molecule has 7 heteroatoms. The summed E-state index contributed by atoms with van der Waals surface area (Å²) in [4.78, 5) is 25.6. The normalized spacial score (nSPS) is 14.5. The van der Waals surface area contributed by atoms with Crippen molar-refractivity contribution < 1.29 is 14.1 Å². The van der Waals surface area contributed by atoms with Crippen LogP contribution >= 0.6 is 15.9 Å². The molecule has 0 N–H and O–H groups in total. The number of amides is 1. The van der Waals surface area contributed by atoms with Gasteiger partial charge in [-0.1, -0.05) is 46.3 Å². The average molecular weight is 513 g/mol. The van der Waals surface area contributed by atoms with Gasteiger partial charge in [-0.25, -0.2) is 0 Å². The first-order valence-electron chi connectivity index (χ1n) is 10.4. The van der Waals surface area contributed by atoms with Gasteiger partial charge in [0.25, 0.3) is 11.6 Å².